The van der Waals surface area contributed by atoms with Crippen molar-refractivity contribution in [3.8, 4) is 11.5 Å². The molecule has 0 radical (unpaired) electrons. The molecule has 2 amide bonds. The third kappa shape index (κ3) is 7.47. The average molecular weight is 497 g/mol. The summed E-state index contributed by atoms with van der Waals surface area (Å²) in [6.07, 6.45) is 0.248. The Morgan fingerprint density at radius 2 is 1.67 bits per heavy atom. The summed E-state index contributed by atoms with van der Waals surface area (Å²) < 4.78 is 15.7. The van der Waals surface area contributed by atoms with E-state index in [0.29, 0.717) is 42.8 Å². The maximum atomic E-state index is 12.9. The van der Waals surface area contributed by atoms with Gasteiger partial charge in [-0.25, -0.2) is 4.79 Å². The molecule has 8 heteroatoms. The highest BCUT2D eigenvalue weighted by Gasteiger charge is 2.25. The van der Waals surface area contributed by atoms with Crippen molar-refractivity contribution in [1.82, 2.24) is 10.2 Å². The van der Waals surface area contributed by atoms with Crippen molar-refractivity contribution in [2.45, 2.75) is 52.6 Å². The first kappa shape index (κ1) is 27.0. The molecule has 2 aromatic carbocycles. The van der Waals surface area contributed by atoms with Crippen molar-refractivity contribution in [3.63, 3.8) is 0 Å². The largest absolute Gasteiger partial charge is 0.513 e. The number of piperidine rings is 1. The van der Waals surface area contributed by atoms with Crippen molar-refractivity contribution >= 4 is 18.0 Å². The summed E-state index contributed by atoms with van der Waals surface area (Å²) in [5, 5.41) is 3.01. The minimum atomic E-state index is -0.771. The Hall–Kier alpha value is -3.55. The lowest BCUT2D eigenvalue weighted by atomic mass is 9.96. The predicted molar refractivity (Wildman–Crippen MR) is 136 cm³/mol. The third-order valence-corrected chi connectivity index (χ3v) is 6.25. The van der Waals surface area contributed by atoms with Crippen LogP contribution in [0.3, 0.4) is 0 Å². The Kier molecular flexibility index (Phi) is 9.73. The molecular weight excluding hydrogens is 460 g/mol. The number of carbonyl (C=O) groups is 3. The molecule has 2 aromatic rings. The summed E-state index contributed by atoms with van der Waals surface area (Å²) in [6.45, 7) is 9.68. The first-order valence-electron chi connectivity index (χ1n) is 12.6. The van der Waals surface area contributed by atoms with Gasteiger partial charge in [0.25, 0.3) is 11.8 Å². The first-order chi connectivity index (χ1) is 17.3. The van der Waals surface area contributed by atoms with E-state index in [1.165, 1.54) is 0 Å². The molecule has 0 spiro atoms. The normalized spacial score (nSPS) is 14.8. The van der Waals surface area contributed by atoms with E-state index in [2.05, 4.69) is 19.2 Å². The fourth-order valence-corrected chi connectivity index (χ4v) is 4.13. The Morgan fingerprint density at radius 1 is 1.00 bits per heavy atom. The number of nitrogens with one attached hydrogen (secondary N) is 1. The summed E-state index contributed by atoms with van der Waals surface area (Å²) in [5.41, 5.74) is 1.61. The summed E-state index contributed by atoms with van der Waals surface area (Å²) in [6, 6.07) is 14.2. The van der Waals surface area contributed by atoms with E-state index < -0.39 is 12.3 Å². The molecule has 0 saturated carbocycles. The molecule has 0 bridgehead atoms. The number of benzene rings is 2. The second kappa shape index (κ2) is 13.0. The molecule has 0 aliphatic carbocycles. The minimum absolute atomic E-state index is 0.0639. The van der Waals surface area contributed by atoms with Gasteiger partial charge in [-0.1, -0.05) is 32.0 Å². The van der Waals surface area contributed by atoms with Gasteiger partial charge in [0.1, 0.15) is 11.5 Å². The molecule has 1 heterocycles. The molecule has 1 aliphatic heterocycles. The number of rotatable bonds is 9. The zero-order chi connectivity index (χ0) is 26.1. The first-order valence-corrected chi connectivity index (χ1v) is 12.6. The van der Waals surface area contributed by atoms with Crippen LogP contribution < -0.4 is 14.8 Å². The number of para-hydroxylation sites is 1. The van der Waals surface area contributed by atoms with Crippen LogP contribution in [0.2, 0.25) is 0 Å². The standard InChI is InChI=1S/C28H36N2O6/c1-5-34-28(33)36-23-12-10-22(11-13-23)27(32)30-16-14-21(15-17-30)18-29-26(31)20(4)35-25-9-7-6-8-24(25)19(2)3/h6-13,19-21H,5,14-18H2,1-4H3,(H,29,31). The second-order valence-electron chi connectivity index (χ2n) is 9.24. The van der Waals surface area contributed by atoms with Gasteiger partial charge in [-0.2, -0.15) is 0 Å². The van der Waals surface area contributed by atoms with Crippen LogP contribution in [0, 0.1) is 5.92 Å². The zero-order valence-electron chi connectivity index (χ0n) is 21.5. The monoisotopic (exact) mass is 496 g/mol. The lowest BCUT2D eigenvalue weighted by Gasteiger charge is -2.32. The highest BCUT2D eigenvalue weighted by Crippen LogP contribution is 2.27. The number of hydrogen-bond donors (Lipinski definition) is 1. The molecular formula is C28H36N2O6. The van der Waals surface area contributed by atoms with E-state index in [0.717, 1.165) is 24.2 Å². The molecule has 1 atom stereocenters. The summed E-state index contributed by atoms with van der Waals surface area (Å²) in [5.74, 6) is 1.46. The van der Waals surface area contributed by atoms with Crippen LogP contribution in [0.4, 0.5) is 4.79 Å². The maximum absolute atomic E-state index is 12.9. The van der Waals surface area contributed by atoms with Crippen LogP contribution in [0.25, 0.3) is 0 Å². The van der Waals surface area contributed by atoms with E-state index in [1.807, 2.05) is 29.2 Å². The average Bonchev–Trinajstić information content (AvgIpc) is 2.88. The molecule has 1 fully saturated rings. The van der Waals surface area contributed by atoms with Crippen molar-refractivity contribution in [2.24, 2.45) is 5.92 Å². The van der Waals surface area contributed by atoms with E-state index in [-0.39, 0.29) is 18.4 Å². The van der Waals surface area contributed by atoms with Crippen LogP contribution in [0.15, 0.2) is 48.5 Å². The molecule has 3 rings (SSSR count). The molecule has 1 N–H and O–H groups in total. The van der Waals surface area contributed by atoms with Gasteiger partial charge < -0.3 is 24.4 Å². The Labute approximate surface area is 212 Å². The van der Waals surface area contributed by atoms with Gasteiger partial charge in [-0.05, 0) is 74.4 Å². The zero-order valence-corrected chi connectivity index (χ0v) is 21.5. The van der Waals surface area contributed by atoms with Crippen molar-refractivity contribution in [1.29, 1.82) is 0 Å². The summed E-state index contributed by atoms with van der Waals surface area (Å²) >= 11 is 0. The molecule has 1 unspecified atom stereocenters. The molecule has 1 saturated heterocycles. The van der Waals surface area contributed by atoms with Gasteiger partial charge in [0, 0.05) is 25.2 Å². The SMILES string of the molecule is CCOC(=O)Oc1ccc(C(=O)N2CCC(CNC(=O)C(C)Oc3ccccc3C(C)C)CC2)cc1. The smallest absolute Gasteiger partial charge is 0.481 e. The molecule has 36 heavy (non-hydrogen) atoms. The predicted octanol–water partition coefficient (Wildman–Crippen LogP) is 4.78. The molecule has 194 valence electrons. The molecule has 1 aliphatic rings. The fourth-order valence-electron chi connectivity index (χ4n) is 4.13. The van der Waals surface area contributed by atoms with E-state index in [9.17, 15) is 14.4 Å². The minimum Gasteiger partial charge on any atom is -0.481 e. The Balaban J connectivity index is 1.43. The topological polar surface area (TPSA) is 94.2 Å². The fraction of sp³-hybridized carbons (Fsp3) is 0.464. The van der Waals surface area contributed by atoms with E-state index >= 15 is 0 Å². The quantitative estimate of drug-likeness (QED) is 0.397. The lowest BCUT2D eigenvalue weighted by molar-refractivity contribution is -0.127. The van der Waals surface area contributed by atoms with Gasteiger partial charge >= 0.3 is 6.16 Å². The summed E-state index contributed by atoms with van der Waals surface area (Å²) in [7, 11) is 0. The van der Waals surface area contributed by atoms with Crippen LogP contribution in [-0.2, 0) is 9.53 Å². The number of ether oxygens (including phenoxy) is 3. The van der Waals surface area contributed by atoms with Gasteiger partial charge in [-0.15, -0.1) is 0 Å². The van der Waals surface area contributed by atoms with Gasteiger partial charge in [0.05, 0.1) is 6.61 Å². The van der Waals surface area contributed by atoms with Gasteiger partial charge in [0.2, 0.25) is 0 Å². The van der Waals surface area contributed by atoms with Gasteiger partial charge in [-0.3, -0.25) is 9.59 Å². The number of amides is 2. The van der Waals surface area contributed by atoms with Crippen LogP contribution in [0.1, 0.15) is 62.4 Å². The van der Waals surface area contributed by atoms with Crippen LogP contribution in [-0.4, -0.2) is 55.2 Å². The highest BCUT2D eigenvalue weighted by molar-refractivity contribution is 5.94. The summed E-state index contributed by atoms with van der Waals surface area (Å²) in [4.78, 5) is 38.7. The Morgan fingerprint density at radius 3 is 2.31 bits per heavy atom. The number of hydrogen-bond acceptors (Lipinski definition) is 6. The van der Waals surface area contributed by atoms with E-state index in [1.54, 1.807) is 38.1 Å². The number of likely N-dealkylation sites (tertiary alicyclic amines) is 1. The van der Waals surface area contributed by atoms with Crippen LogP contribution in [0.5, 0.6) is 11.5 Å². The van der Waals surface area contributed by atoms with Crippen LogP contribution >= 0.6 is 0 Å². The van der Waals surface area contributed by atoms with Crippen molar-refractivity contribution < 1.29 is 28.6 Å². The molecule has 8 nitrogen and oxygen atoms in total. The highest BCUT2D eigenvalue weighted by atomic mass is 16.7. The number of carbonyl (C=O) groups excluding carboxylic acids is 3. The second-order valence-corrected chi connectivity index (χ2v) is 9.24. The van der Waals surface area contributed by atoms with E-state index in [4.69, 9.17) is 14.2 Å². The molecule has 0 aromatic heterocycles. The van der Waals surface area contributed by atoms with Gasteiger partial charge in [0.15, 0.2) is 6.10 Å². The van der Waals surface area contributed by atoms with Crippen molar-refractivity contribution in [3.05, 3.63) is 59.7 Å². The Bertz CT molecular complexity index is 1030. The maximum Gasteiger partial charge on any atom is 0.513 e. The number of nitrogens with zero attached hydrogens (tertiary/aromatic N) is 1. The third-order valence-electron chi connectivity index (χ3n) is 6.25. The van der Waals surface area contributed by atoms with Crippen molar-refractivity contribution in [2.75, 3.05) is 26.2 Å². The lowest BCUT2D eigenvalue weighted by Crippen LogP contribution is -2.43.